The van der Waals surface area contributed by atoms with Gasteiger partial charge in [-0.15, -0.1) is 0 Å². The van der Waals surface area contributed by atoms with Gasteiger partial charge in [-0.1, -0.05) is 60.7 Å². The third-order valence-corrected chi connectivity index (χ3v) is 5.11. The van der Waals surface area contributed by atoms with Crippen molar-refractivity contribution >= 4 is 24.1 Å². The molecule has 3 aromatic rings. The highest BCUT2D eigenvalue weighted by molar-refractivity contribution is 6.17. The van der Waals surface area contributed by atoms with Crippen LogP contribution in [-0.4, -0.2) is 27.3 Å². The van der Waals surface area contributed by atoms with Crippen molar-refractivity contribution in [3.8, 4) is 0 Å². The van der Waals surface area contributed by atoms with Gasteiger partial charge >= 0.3 is 5.69 Å². The second kappa shape index (κ2) is 8.43. The fourth-order valence-corrected chi connectivity index (χ4v) is 3.56. The zero-order chi connectivity index (χ0) is 21.8. The van der Waals surface area contributed by atoms with Gasteiger partial charge in [0.05, 0.1) is 4.92 Å². The first-order valence-corrected chi connectivity index (χ1v) is 9.91. The maximum absolute atomic E-state index is 11.8. The molecule has 0 atom stereocenters. The molecule has 0 fully saturated rings. The average molecular weight is 414 g/mol. The Bertz CT molecular complexity index is 1090. The lowest BCUT2D eigenvalue weighted by Gasteiger charge is -2.25. The molecule has 2 heterocycles. The summed E-state index contributed by atoms with van der Waals surface area (Å²) in [6, 6.07) is 20.0. The molecule has 156 valence electrons. The molecular formula is C23H22N6O2. The summed E-state index contributed by atoms with van der Waals surface area (Å²) in [5.41, 5.74) is 1.36. The minimum Gasteiger partial charge on any atom is -0.332 e. The summed E-state index contributed by atoms with van der Waals surface area (Å²) in [6.45, 7) is 4.44. The first kappa shape index (κ1) is 20.3. The molecule has 1 aliphatic rings. The van der Waals surface area contributed by atoms with Crippen LogP contribution in [0.1, 0.15) is 29.4 Å². The molecule has 8 heteroatoms. The molecule has 0 radical (unpaired) electrons. The first-order valence-electron chi connectivity index (χ1n) is 9.91. The Morgan fingerprint density at radius 2 is 1.42 bits per heavy atom. The fraction of sp³-hybridized carbons (Fsp3) is 0.217. The van der Waals surface area contributed by atoms with Gasteiger partial charge in [0.2, 0.25) is 5.95 Å². The molecule has 0 aliphatic carbocycles. The molecule has 0 saturated carbocycles. The number of nitro groups is 1. The zero-order valence-corrected chi connectivity index (χ0v) is 17.3. The van der Waals surface area contributed by atoms with Crippen molar-refractivity contribution in [2.75, 3.05) is 4.90 Å². The average Bonchev–Trinajstić information content (AvgIpc) is 3.21. The number of aliphatic imine (C=N–C) groups is 2. The molecule has 0 bridgehead atoms. The second-order valence-corrected chi connectivity index (χ2v) is 7.47. The summed E-state index contributed by atoms with van der Waals surface area (Å²) in [5, 5.41) is 11.8. The predicted octanol–water partition coefficient (Wildman–Crippen LogP) is 4.23. The fourth-order valence-electron chi connectivity index (χ4n) is 3.56. The van der Waals surface area contributed by atoms with Crippen LogP contribution in [0.3, 0.4) is 0 Å². The molecule has 0 spiro atoms. The van der Waals surface area contributed by atoms with Gasteiger partial charge in [0.15, 0.2) is 11.4 Å². The van der Waals surface area contributed by atoms with E-state index in [2.05, 4.69) is 20.0 Å². The van der Waals surface area contributed by atoms with Crippen molar-refractivity contribution in [3.05, 3.63) is 93.3 Å². The summed E-state index contributed by atoms with van der Waals surface area (Å²) in [7, 11) is 0. The van der Waals surface area contributed by atoms with Crippen molar-refractivity contribution in [3.63, 3.8) is 0 Å². The van der Waals surface area contributed by atoms with Crippen molar-refractivity contribution in [2.24, 2.45) is 9.98 Å². The summed E-state index contributed by atoms with van der Waals surface area (Å²) >= 11 is 0. The maximum atomic E-state index is 11.8. The van der Waals surface area contributed by atoms with Crippen LogP contribution in [0.4, 0.5) is 11.6 Å². The molecule has 31 heavy (non-hydrogen) atoms. The molecule has 1 aromatic heterocycles. The predicted molar refractivity (Wildman–Crippen MR) is 121 cm³/mol. The number of aryl methyl sites for hydroxylation is 1. The van der Waals surface area contributed by atoms with Gasteiger partial charge in [-0.05, 0) is 25.0 Å². The van der Waals surface area contributed by atoms with Crippen LogP contribution in [0.25, 0.3) is 0 Å². The van der Waals surface area contributed by atoms with Gasteiger partial charge in [0, 0.05) is 25.5 Å². The van der Waals surface area contributed by atoms with Gasteiger partial charge in [-0.25, -0.2) is 9.97 Å². The number of hydrogen-bond donors (Lipinski definition) is 0. The summed E-state index contributed by atoms with van der Waals surface area (Å²) < 4.78 is 0. The van der Waals surface area contributed by atoms with Crippen molar-refractivity contribution in [1.29, 1.82) is 0 Å². The Kier molecular flexibility index (Phi) is 5.53. The van der Waals surface area contributed by atoms with E-state index in [1.165, 1.54) is 12.4 Å². The lowest BCUT2D eigenvalue weighted by molar-refractivity contribution is -0.387. The highest BCUT2D eigenvalue weighted by Gasteiger charge is 2.38. The van der Waals surface area contributed by atoms with Crippen LogP contribution in [0.15, 0.2) is 70.6 Å². The van der Waals surface area contributed by atoms with E-state index >= 15 is 0 Å². The molecule has 2 aromatic carbocycles. The van der Waals surface area contributed by atoms with Crippen LogP contribution >= 0.6 is 0 Å². The molecule has 4 rings (SSSR count). The van der Waals surface area contributed by atoms with E-state index < -0.39 is 10.6 Å². The van der Waals surface area contributed by atoms with Crippen LogP contribution in [0.2, 0.25) is 0 Å². The Labute approximate surface area is 180 Å². The van der Waals surface area contributed by atoms with E-state index in [1.807, 2.05) is 65.6 Å². The van der Waals surface area contributed by atoms with Crippen molar-refractivity contribution in [1.82, 2.24) is 9.97 Å². The van der Waals surface area contributed by atoms with Gasteiger partial charge in [0.1, 0.15) is 5.69 Å². The summed E-state index contributed by atoms with van der Waals surface area (Å²) in [5.74, 6) is 0.407. The molecule has 0 unspecified atom stereocenters. The van der Waals surface area contributed by atoms with Gasteiger partial charge in [0.25, 0.3) is 0 Å². The first-order chi connectivity index (χ1) is 15.0. The third kappa shape index (κ3) is 4.32. The van der Waals surface area contributed by atoms with Gasteiger partial charge in [-0.3, -0.25) is 20.1 Å². The van der Waals surface area contributed by atoms with Crippen LogP contribution in [0, 0.1) is 17.0 Å². The summed E-state index contributed by atoms with van der Waals surface area (Å²) in [6.07, 6.45) is 3.07. The minimum atomic E-state index is -1.14. The Balaban J connectivity index is 1.82. The number of rotatable bonds is 7. The largest absolute Gasteiger partial charge is 0.332 e. The Morgan fingerprint density at radius 3 is 1.90 bits per heavy atom. The van der Waals surface area contributed by atoms with E-state index in [1.54, 1.807) is 13.8 Å². The van der Waals surface area contributed by atoms with Gasteiger partial charge in [-0.2, -0.15) is 0 Å². The zero-order valence-electron chi connectivity index (χ0n) is 17.3. The van der Waals surface area contributed by atoms with Gasteiger partial charge < -0.3 is 4.90 Å². The highest BCUT2D eigenvalue weighted by atomic mass is 16.6. The number of benzene rings is 2. The topological polar surface area (TPSA) is 96.9 Å². The van der Waals surface area contributed by atoms with Crippen LogP contribution < -0.4 is 4.90 Å². The van der Waals surface area contributed by atoms with E-state index in [-0.39, 0.29) is 17.1 Å². The smallest absolute Gasteiger partial charge is 0.316 e. The van der Waals surface area contributed by atoms with Crippen molar-refractivity contribution in [2.45, 2.75) is 32.6 Å². The quantitative estimate of drug-likeness (QED) is 0.426. The second-order valence-electron chi connectivity index (χ2n) is 7.47. The molecule has 0 N–H and O–H groups in total. The third-order valence-electron chi connectivity index (χ3n) is 5.11. The molecule has 0 amide bonds. The molecule has 8 nitrogen and oxygen atoms in total. The lowest BCUT2D eigenvalue weighted by atomic mass is 10.1. The Hall–Kier alpha value is -3.94. The maximum Gasteiger partial charge on any atom is 0.316 e. The SMILES string of the molecule is Cc1nc(N(Cc2ccccc2)Cc2ccccc2)nc(C2(C)N=CC=N2)c1[N+](=O)[O-]. The normalized spacial score (nSPS) is 14.0. The van der Waals surface area contributed by atoms with Crippen molar-refractivity contribution < 1.29 is 4.92 Å². The van der Waals surface area contributed by atoms with E-state index in [9.17, 15) is 10.1 Å². The minimum absolute atomic E-state index is 0.151. The van der Waals surface area contributed by atoms with Crippen LogP contribution in [0.5, 0.6) is 0 Å². The number of nitrogens with zero attached hydrogens (tertiary/aromatic N) is 6. The number of anilines is 1. The lowest BCUT2D eigenvalue weighted by Crippen LogP contribution is -2.27. The standard InChI is InChI=1S/C23H22N6O2/c1-17-20(29(30)31)21(23(2)24-13-14-25-23)27-22(26-17)28(15-18-9-5-3-6-10-18)16-19-11-7-4-8-12-19/h3-14H,15-16H2,1-2H3. The summed E-state index contributed by atoms with van der Waals surface area (Å²) in [4.78, 5) is 31.2. The Morgan fingerprint density at radius 1 is 0.903 bits per heavy atom. The van der Waals surface area contributed by atoms with E-state index in [4.69, 9.17) is 0 Å². The number of hydrogen-bond acceptors (Lipinski definition) is 7. The number of aromatic nitrogens is 2. The van der Waals surface area contributed by atoms with E-state index in [0.717, 1.165) is 11.1 Å². The molecule has 0 saturated heterocycles. The van der Waals surface area contributed by atoms with E-state index in [0.29, 0.717) is 19.0 Å². The molecule has 1 aliphatic heterocycles. The molecular weight excluding hydrogens is 392 g/mol. The monoisotopic (exact) mass is 414 g/mol. The van der Waals surface area contributed by atoms with Crippen LogP contribution in [-0.2, 0) is 18.8 Å². The highest BCUT2D eigenvalue weighted by Crippen LogP contribution is 2.36.